The molecule has 23 heavy (non-hydrogen) atoms. The monoisotopic (exact) mass is 311 g/mol. The lowest BCUT2D eigenvalue weighted by atomic mass is 10.1. The number of benzene rings is 2. The van der Waals surface area contributed by atoms with E-state index in [4.69, 9.17) is 0 Å². The fraction of sp³-hybridized carbons (Fsp3) is 0.222. The van der Waals surface area contributed by atoms with Crippen molar-refractivity contribution in [1.82, 2.24) is 5.32 Å². The lowest BCUT2D eigenvalue weighted by Crippen LogP contribution is -2.31. The average Bonchev–Trinajstić information content (AvgIpc) is 2.52. The van der Waals surface area contributed by atoms with Crippen molar-refractivity contribution in [3.8, 4) is 0 Å². The van der Waals surface area contributed by atoms with Gasteiger partial charge in [-0.25, -0.2) is 4.79 Å². The Morgan fingerprint density at radius 3 is 2.43 bits per heavy atom. The van der Waals surface area contributed by atoms with Gasteiger partial charge in [0.2, 0.25) is 5.91 Å². The number of para-hydroxylation sites is 1. The standard InChI is InChI=1S/C18H21N3O2/c1-13-8-9-14(2)16(12-13)21-17(22)10-11-19-18(23)20-15-6-4-3-5-7-15/h3-9,12H,10-11H2,1-2H3,(H,21,22)(H2,19,20,23). The van der Waals surface area contributed by atoms with Crippen molar-refractivity contribution >= 4 is 23.3 Å². The smallest absolute Gasteiger partial charge is 0.319 e. The van der Waals surface area contributed by atoms with E-state index in [1.54, 1.807) is 12.1 Å². The first-order chi connectivity index (χ1) is 11.0. The van der Waals surface area contributed by atoms with Crippen molar-refractivity contribution in [3.05, 3.63) is 59.7 Å². The van der Waals surface area contributed by atoms with E-state index in [9.17, 15) is 9.59 Å². The highest BCUT2D eigenvalue weighted by atomic mass is 16.2. The predicted octanol–water partition coefficient (Wildman–Crippen LogP) is 3.45. The van der Waals surface area contributed by atoms with Crippen LogP contribution in [0.2, 0.25) is 0 Å². The Kier molecular flexibility index (Phi) is 5.74. The third kappa shape index (κ3) is 5.47. The molecule has 0 radical (unpaired) electrons. The number of amides is 3. The molecule has 0 aliphatic carbocycles. The molecule has 5 nitrogen and oxygen atoms in total. The van der Waals surface area contributed by atoms with Gasteiger partial charge < -0.3 is 16.0 Å². The van der Waals surface area contributed by atoms with Gasteiger partial charge in [0, 0.05) is 24.3 Å². The second kappa shape index (κ2) is 7.98. The molecule has 3 amide bonds. The zero-order valence-corrected chi connectivity index (χ0v) is 13.3. The second-order valence-electron chi connectivity index (χ2n) is 5.36. The van der Waals surface area contributed by atoms with E-state index in [0.29, 0.717) is 5.69 Å². The average molecular weight is 311 g/mol. The molecule has 2 rings (SSSR count). The van der Waals surface area contributed by atoms with Gasteiger partial charge in [0.05, 0.1) is 0 Å². The third-order valence-corrected chi connectivity index (χ3v) is 3.34. The van der Waals surface area contributed by atoms with E-state index in [1.807, 2.05) is 50.2 Å². The quantitative estimate of drug-likeness (QED) is 0.791. The van der Waals surface area contributed by atoms with Gasteiger partial charge in [-0.2, -0.15) is 0 Å². The summed E-state index contributed by atoms with van der Waals surface area (Å²) in [4.78, 5) is 23.6. The predicted molar refractivity (Wildman–Crippen MR) is 92.6 cm³/mol. The van der Waals surface area contributed by atoms with E-state index in [1.165, 1.54) is 0 Å². The van der Waals surface area contributed by atoms with Gasteiger partial charge in [0.15, 0.2) is 0 Å². The molecule has 2 aromatic carbocycles. The molecule has 0 aliphatic rings. The Hall–Kier alpha value is -2.82. The molecule has 0 atom stereocenters. The summed E-state index contributed by atoms with van der Waals surface area (Å²) in [6.45, 7) is 4.19. The summed E-state index contributed by atoms with van der Waals surface area (Å²) in [5.41, 5.74) is 3.62. The molecule has 0 heterocycles. The van der Waals surface area contributed by atoms with Gasteiger partial charge in [0.25, 0.3) is 0 Å². The minimum atomic E-state index is -0.323. The number of rotatable bonds is 5. The molecule has 0 unspecified atom stereocenters. The Labute approximate surface area is 136 Å². The lowest BCUT2D eigenvalue weighted by molar-refractivity contribution is -0.116. The van der Waals surface area contributed by atoms with Crippen LogP contribution in [0.1, 0.15) is 17.5 Å². The van der Waals surface area contributed by atoms with Crippen molar-refractivity contribution in [2.45, 2.75) is 20.3 Å². The molecule has 0 saturated carbocycles. The first-order valence-corrected chi connectivity index (χ1v) is 7.51. The van der Waals surface area contributed by atoms with E-state index >= 15 is 0 Å². The fourth-order valence-electron chi connectivity index (χ4n) is 2.07. The normalized spacial score (nSPS) is 10.0. The highest BCUT2D eigenvalue weighted by molar-refractivity contribution is 5.93. The summed E-state index contributed by atoms with van der Waals surface area (Å²) < 4.78 is 0. The zero-order valence-electron chi connectivity index (χ0n) is 13.3. The van der Waals surface area contributed by atoms with Crippen LogP contribution in [0.4, 0.5) is 16.2 Å². The van der Waals surface area contributed by atoms with Crippen LogP contribution in [0, 0.1) is 13.8 Å². The zero-order chi connectivity index (χ0) is 16.7. The summed E-state index contributed by atoms with van der Waals surface area (Å²) in [7, 11) is 0. The molecular formula is C18H21N3O2. The van der Waals surface area contributed by atoms with Crippen LogP contribution in [0.5, 0.6) is 0 Å². The van der Waals surface area contributed by atoms with Crippen molar-refractivity contribution < 1.29 is 9.59 Å². The van der Waals surface area contributed by atoms with Gasteiger partial charge in [-0.3, -0.25) is 4.79 Å². The van der Waals surface area contributed by atoms with Crippen LogP contribution < -0.4 is 16.0 Å². The van der Waals surface area contributed by atoms with E-state index in [0.717, 1.165) is 16.8 Å². The summed E-state index contributed by atoms with van der Waals surface area (Å²) in [5, 5.41) is 8.23. The molecule has 120 valence electrons. The molecule has 0 fully saturated rings. The van der Waals surface area contributed by atoms with Gasteiger partial charge in [-0.1, -0.05) is 30.3 Å². The number of hydrogen-bond acceptors (Lipinski definition) is 2. The number of anilines is 2. The van der Waals surface area contributed by atoms with Crippen LogP contribution in [-0.4, -0.2) is 18.5 Å². The fourth-order valence-corrected chi connectivity index (χ4v) is 2.07. The largest absolute Gasteiger partial charge is 0.337 e. The van der Waals surface area contributed by atoms with Gasteiger partial charge >= 0.3 is 6.03 Å². The highest BCUT2D eigenvalue weighted by Crippen LogP contribution is 2.16. The number of urea groups is 1. The van der Waals surface area contributed by atoms with Crippen LogP contribution in [0.3, 0.4) is 0 Å². The van der Waals surface area contributed by atoms with Gasteiger partial charge in [-0.15, -0.1) is 0 Å². The van der Waals surface area contributed by atoms with Crippen LogP contribution >= 0.6 is 0 Å². The molecule has 0 aromatic heterocycles. The van der Waals surface area contributed by atoms with Crippen LogP contribution in [0.25, 0.3) is 0 Å². The maximum atomic E-state index is 11.9. The topological polar surface area (TPSA) is 70.2 Å². The molecule has 3 N–H and O–H groups in total. The second-order valence-corrected chi connectivity index (χ2v) is 5.36. The minimum Gasteiger partial charge on any atom is -0.337 e. The number of carbonyl (C=O) groups is 2. The van der Waals surface area contributed by atoms with E-state index in [2.05, 4.69) is 16.0 Å². The Bertz CT molecular complexity index is 684. The molecule has 0 saturated heterocycles. The summed E-state index contributed by atoms with van der Waals surface area (Å²) >= 11 is 0. The highest BCUT2D eigenvalue weighted by Gasteiger charge is 2.06. The van der Waals surface area contributed by atoms with Gasteiger partial charge in [-0.05, 0) is 43.2 Å². The Morgan fingerprint density at radius 1 is 0.957 bits per heavy atom. The summed E-state index contributed by atoms with van der Waals surface area (Å²) in [6.07, 6.45) is 0.218. The van der Waals surface area contributed by atoms with Gasteiger partial charge in [0.1, 0.15) is 0 Å². The third-order valence-electron chi connectivity index (χ3n) is 3.34. The van der Waals surface area contributed by atoms with Crippen molar-refractivity contribution in [2.75, 3.05) is 17.2 Å². The Morgan fingerprint density at radius 2 is 1.70 bits per heavy atom. The summed E-state index contributed by atoms with van der Waals surface area (Å²) in [6, 6.07) is 14.7. The minimum absolute atomic E-state index is 0.126. The van der Waals surface area contributed by atoms with Crippen LogP contribution in [-0.2, 0) is 4.79 Å². The first kappa shape index (κ1) is 16.5. The first-order valence-electron chi connectivity index (χ1n) is 7.51. The van der Waals surface area contributed by atoms with E-state index in [-0.39, 0.29) is 24.9 Å². The molecule has 2 aromatic rings. The molecule has 5 heteroatoms. The Balaban J connectivity index is 1.74. The molecular weight excluding hydrogens is 290 g/mol. The summed E-state index contributed by atoms with van der Waals surface area (Å²) in [5.74, 6) is -0.126. The number of nitrogens with one attached hydrogen (secondary N) is 3. The van der Waals surface area contributed by atoms with Crippen LogP contribution in [0.15, 0.2) is 48.5 Å². The number of carbonyl (C=O) groups excluding carboxylic acids is 2. The van der Waals surface area contributed by atoms with E-state index < -0.39 is 0 Å². The van der Waals surface area contributed by atoms with Crippen molar-refractivity contribution in [2.24, 2.45) is 0 Å². The molecule has 0 spiro atoms. The molecule has 0 bridgehead atoms. The van der Waals surface area contributed by atoms with Crippen molar-refractivity contribution in [1.29, 1.82) is 0 Å². The SMILES string of the molecule is Cc1ccc(C)c(NC(=O)CCNC(=O)Nc2ccccc2)c1. The van der Waals surface area contributed by atoms with Crippen molar-refractivity contribution in [3.63, 3.8) is 0 Å². The molecule has 0 aliphatic heterocycles. The maximum absolute atomic E-state index is 11.9. The maximum Gasteiger partial charge on any atom is 0.319 e. The number of hydrogen-bond donors (Lipinski definition) is 3. The number of aryl methyl sites for hydroxylation is 2. The lowest BCUT2D eigenvalue weighted by Gasteiger charge is -2.10.